The second kappa shape index (κ2) is 8.98. The van der Waals surface area contributed by atoms with Crippen molar-refractivity contribution < 1.29 is 4.74 Å². The van der Waals surface area contributed by atoms with Crippen LogP contribution in [0.1, 0.15) is 38.2 Å². The van der Waals surface area contributed by atoms with Crippen LogP contribution in [0.15, 0.2) is 24.3 Å². The molecule has 1 aromatic carbocycles. The third-order valence-electron chi connectivity index (χ3n) is 3.79. The highest BCUT2D eigenvalue weighted by Crippen LogP contribution is 2.22. The van der Waals surface area contributed by atoms with E-state index in [1.807, 2.05) is 0 Å². The monoisotopic (exact) mass is 276 g/mol. The first-order valence-electron chi connectivity index (χ1n) is 8.04. The van der Waals surface area contributed by atoms with Crippen LogP contribution in [-0.2, 0) is 6.54 Å². The van der Waals surface area contributed by atoms with Crippen LogP contribution in [0.4, 0.5) is 0 Å². The molecule has 0 bridgehead atoms. The molecule has 0 atom stereocenters. The SMILES string of the molecule is CCCNCCCCCN1CCOc2ccccc2C1. The lowest BCUT2D eigenvalue weighted by atomic mass is 10.1. The van der Waals surface area contributed by atoms with Crippen molar-refractivity contribution in [3.63, 3.8) is 0 Å². The Bertz CT molecular complexity index is 381. The van der Waals surface area contributed by atoms with Gasteiger partial charge >= 0.3 is 0 Å². The highest BCUT2D eigenvalue weighted by atomic mass is 16.5. The van der Waals surface area contributed by atoms with Gasteiger partial charge in [0.2, 0.25) is 0 Å². The number of hydrogen-bond acceptors (Lipinski definition) is 3. The van der Waals surface area contributed by atoms with E-state index in [1.54, 1.807) is 0 Å². The second-order valence-corrected chi connectivity index (χ2v) is 5.54. The molecule has 1 aromatic rings. The zero-order chi connectivity index (χ0) is 14.0. The number of benzene rings is 1. The Labute approximate surface area is 123 Å². The number of rotatable bonds is 8. The van der Waals surface area contributed by atoms with Crippen molar-refractivity contribution in [1.82, 2.24) is 10.2 Å². The van der Waals surface area contributed by atoms with Gasteiger partial charge in [0.25, 0.3) is 0 Å². The topological polar surface area (TPSA) is 24.5 Å². The van der Waals surface area contributed by atoms with Crippen molar-refractivity contribution in [2.45, 2.75) is 39.2 Å². The third-order valence-corrected chi connectivity index (χ3v) is 3.79. The van der Waals surface area contributed by atoms with Crippen LogP contribution in [0.5, 0.6) is 5.75 Å². The maximum atomic E-state index is 5.80. The summed E-state index contributed by atoms with van der Waals surface area (Å²) in [6, 6.07) is 8.42. The van der Waals surface area contributed by atoms with E-state index in [-0.39, 0.29) is 0 Å². The van der Waals surface area contributed by atoms with Gasteiger partial charge in [-0.2, -0.15) is 0 Å². The quantitative estimate of drug-likeness (QED) is 0.739. The minimum absolute atomic E-state index is 0.815. The highest BCUT2D eigenvalue weighted by molar-refractivity contribution is 5.33. The number of hydrogen-bond donors (Lipinski definition) is 1. The average molecular weight is 276 g/mol. The summed E-state index contributed by atoms with van der Waals surface area (Å²) in [4.78, 5) is 2.52. The standard InChI is InChI=1S/C17H28N2O/c1-2-10-18-11-6-3-7-12-19-13-14-20-17-9-5-4-8-16(17)15-19/h4-5,8-9,18H,2-3,6-7,10-15H2,1H3. The molecule has 1 N–H and O–H groups in total. The molecule has 0 amide bonds. The maximum Gasteiger partial charge on any atom is 0.123 e. The van der Waals surface area contributed by atoms with Crippen molar-refractivity contribution in [1.29, 1.82) is 0 Å². The van der Waals surface area contributed by atoms with Crippen molar-refractivity contribution in [2.24, 2.45) is 0 Å². The first-order chi connectivity index (χ1) is 9.90. The zero-order valence-corrected chi connectivity index (χ0v) is 12.7. The molecule has 1 aliphatic rings. The summed E-state index contributed by atoms with van der Waals surface area (Å²) < 4.78 is 5.80. The summed E-state index contributed by atoms with van der Waals surface area (Å²) in [6.07, 6.45) is 5.12. The van der Waals surface area contributed by atoms with Crippen LogP contribution < -0.4 is 10.1 Å². The number of ether oxygens (including phenoxy) is 1. The molecule has 0 spiro atoms. The number of nitrogens with one attached hydrogen (secondary N) is 1. The fourth-order valence-corrected chi connectivity index (χ4v) is 2.63. The summed E-state index contributed by atoms with van der Waals surface area (Å²) in [5.41, 5.74) is 1.33. The molecule has 0 fully saturated rings. The van der Waals surface area contributed by atoms with Crippen LogP contribution >= 0.6 is 0 Å². The molecule has 0 aromatic heterocycles. The lowest BCUT2D eigenvalue weighted by Crippen LogP contribution is -2.27. The van der Waals surface area contributed by atoms with Crippen molar-refractivity contribution in [3.8, 4) is 5.75 Å². The minimum Gasteiger partial charge on any atom is -0.492 e. The minimum atomic E-state index is 0.815. The molecule has 0 saturated carbocycles. The molecular formula is C17H28N2O. The third kappa shape index (κ3) is 5.14. The van der Waals surface area contributed by atoms with E-state index < -0.39 is 0 Å². The first kappa shape index (κ1) is 15.3. The van der Waals surface area contributed by atoms with Gasteiger partial charge in [-0.3, -0.25) is 4.90 Å². The van der Waals surface area contributed by atoms with E-state index >= 15 is 0 Å². The Morgan fingerprint density at radius 1 is 1.15 bits per heavy atom. The van der Waals surface area contributed by atoms with Gasteiger partial charge in [-0.25, -0.2) is 0 Å². The predicted molar refractivity (Wildman–Crippen MR) is 84.2 cm³/mol. The molecule has 0 aliphatic carbocycles. The van der Waals surface area contributed by atoms with Gasteiger partial charge in [-0.15, -0.1) is 0 Å². The summed E-state index contributed by atoms with van der Waals surface area (Å²) in [7, 11) is 0. The Hall–Kier alpha value is -1.06. The Kier molecular flexibility index (Phi) is 6.89. The Morgan fingerprint density at radius 2 is 2.05 bits per heavy atom. The largest absolute Gasteiger partial charge is 0.492 e. The molecule has 1 aliphatic heterocycles. The van der Waals surface area contributed by atoms with Gasteiger partial charge in [-0.1, -0.05) is 31.5 Å². The molecule has 0 unspecified atom stereocenters. The van der Waals surface area contributed by atoms with Crippen LogP contribution in [-0.4, -0.2) is 37.7 Å². The van der Waals surface area contributed by atoms with E-state index in [1.165, 1.54) is 44.3 Å². The molecule has 0 radical (unpaired) electrons. The van der Waals surface area contributed by atoms with Crippen LogP contribution in [0, 0.1) is 0 Å². The molecule has 1 heterocycles. The molecule has 0 saturated heterocycles. The smallest absolute Gasteiger partial charge is 0.123 e. The van der Waals surface area contributed by atoms with Gasteiger partial charge in [0.05, 0.1) is 0 Å². The van der Waals surface area contributed by atoms with Crippen LogP contribution in [0.2, 0.25) is 0 Å². The van der Waals surface area contributed by atoms with Crippen LogP contribution in [0.3, 0.4) is 0 Å². The number of para-hydroxylation sites is 1. The molecule has 3 nitrogen and oxygen atoms in total. The maximum absolute atomic E-state index is 5.80. The molecule has 20 heavy (non-hydrogen) atoms. The summed E-state index contributed by atoms with van der Waals surface area (Å²) >= 11 is 0. The summed E-state index contributed by atoms with van der Waals surface area (Å²) in [5.74, 6) is 1.07. The molecule has 3 heteroatoms. The van der Waals surface area contributed by atoms with Gasteiger partial charge in [0, 0.05) is 18.7 Å². The van der Waals surface area contributed by atoms with Crippen molar-refractivity contribution in [3.05, 3.63) is 29.8 Å². The lowest BCUT2D eigenvalue weighted by molar-refractivity contribution is 0.222. The predicted octanol–water partition coefficient (Wildman–Crippen LogP) is 3.05. The van der Waals surface area contributed by atoms with Gasteiger partial charge in [-0.05, 0) is 45.0 Å². The number of unbranched alkanes of at least 4 members (excludes halogenated alkanes) is 2. The van der Waals surface area contributed by atoms with Crippen molar-refractivity contribution >= 4 is 0 Å². The fraction of sp³-hybridized carbons (Fsp3) is 0.647. The van der Waals surface area contributed by atoms with E-state index in [4.69, 9.17) is 4.74 Å². The molecule has 2 rings (SSSR count). The van der Waals surface area contributed by atoms with Crippen molar-refractivity contribution in [2.75, 3.05) is 32.8 Å². The fourth-order valence-electron chi connectivity index (χ4n) is 2.63. The van der Waals surface area contributed by atoms with Gasteiger partial charge in [0.15, 0.2) is 0 Å². The van der Waals surface area contributed by atoms with E-state index in [0.29, 0.717) is 0 Å². The zero-order valence-electron chi connectivity index (χ0n) is 12.7. The van der Waals surface area contributed by atoms with Gasteiger partial charge < -0.3 is 10.1 Å². The summed E-state index contributed by atoms with van der Waals surface area (Å²) in [5, 5.41) is 3.46. The first-order valence-corrected chi connectivity index (χ1v) is 8.04. The lowest BCUT2D eigenvalue weighted by Gasteiger charge is -2.19. The van der Waals surface area contributed by atoms with Crippen LogP contribution in [0.25, 0.3) is 0 Å². The van der Waals surface area contributed by atoms with E-state index in [2.05, 4.69) is 41.4 Å². The van der Waals surface area contributed by atoms with E-state index in [0.717, 1.165) is 32.0 Å². The Morgan fingerprint density at radius 3 is 2.95 bits per heavy atom. The van der Waals surface area contributed by atoms with Gasteiger partial charge in [0.1, 0.15) is 12.4 Å². The highest BCUT2D eigenvalue weighted by Gasteiger charge is 2.13. The second-order valence-electron chi connectivity index (χ2n) is 5.54. The number of fused-ring (bicyclic) bond motifs is 1. The molecule has 112 valence electrons. The molecular weight excluding hydrogens is 248 g/mol. The normalized spacial score (nSPS) is 15.4. The van der Waals surface area contributed by atoms with E-state index in [9.17, 15) is 0 Å². The average Bonchev–Trinajstić information content (AvgIpc) is 2.68. The Balaban J connectivity index is 1.64. The summed E-state index contributed by atoms with van der Waals surface area (Å²) in [6.45, 7) is 8.61. The number of nitrogens with zero attached hydrogens (tertiary/aromatic N) is 1.